The number of carbonyl (C=O) groups excluding carboxylic acids is 3. The second kappa shape index (κ2) is 9.84. The molecule has 7 nitrogen and oxygen atoms in total. The van der Waals surface area contributed by atoms with Gasteiger partial charge in [0.15, 0.2) is 5.78 Å². The summed E-state index contributed by atoms with van der Waals surface area (Å²) in [7, 11) is 0. The summed E-state index contributed by atoms with van der Waals surface area (Å²) < 4.78 is 5.95. The number of nitrogens with one attached hydrogen (secondary N) is 2. The Hall–Kier alpha value is -2.74. The Morgan fingerprint density at radius 3 is 2.40 bits per heavy atom. The minimum Gasteiger partial charge on any atom is -0.444 e. The molecule has 2 aromatic rings. The van der Waals surface area contributed by atoms with E-state index in [1.807, 2.05) is 13.8 Å². The second-order valence-electron chi connectivity index (χ2n) is 8.12. The molecule has 1 aromatic heterocycles. The average molecular weight is 476 g/mol. The highest BCUT2D eigenvalue weighted by atomic mass is 79.9. The van der Waals surface area contributed by atoms with E-state index in [-0.39, 0.29) is 11.7 Å². The van der Waals surface area contributed by atoms with E-state index < -0.39 is 23.6 Å². The summed E-state index contributed by atoms with van der Waals surface area (Å²) in [6.45, 7) is 8.86. The van der Waals surface area contributed by atoms with Gasteiger partial charge < -0.3 is 15.4 Å². The molecule has 160 valence electrons. The number of aromatic nitrogens is 1. The molecule has 0 radical (unpaired) electrons. The fraction of sp³-hybridized carbons (Fsp3) is 0.364. The van der Waals surface area contributed by atoms with Crippen LogP contribution in [0.25, 0.3) is 0 Å². The van der Waals surface area contributed by atoms with Crippen molar-refractivity contribution in [3.05, 3.63) is 58.3 Å². The van der Waals surface area contributed by atoms with Crippen LogP contribution in [0.2, 0.25) is 0 Å². The minimum atomic E-state index is -0.843. The molecule has 0 aliphatic heterocycles. The summed E-state index contributed by atoms with van der Waals surface area (Å²) in [6, 6.07) is 7.48. The first-order valence-electron chi connectivity index (χ1n) is 9.52. The lowest BCUT2D eigenvalue weighted by atomic mass is 10.0. The van der Waals surface area contributed by atoms with Gasteiger partial charge in [-0.15, -0.1) is 0 Å². The first-order chi connectivity index (χ1) is 14.0. The van der Waals surface area contributed by atoms with Crippen LogP contribution in [0.3, 0.4) is 0 Å². The van der Waals surface area contributed by atoms with E-state index in [0.717, 1.165) is 0 Å². The number of amides is 2. The lowest BCUT2D eigenvalue weighted by molar-refractivity contribution is -0.119. The Balaban J connectivity index is 2.26. The Labute approximate surface area is 184 Å². The lowest BCUT2D eigenvalue weighted by Crippen LogP contribution is -2.48. The van der Waals surface area contributed by atoms with Crippen molar-refractivity contribution < 1.29 is 19.1 Å². The van der Waals surface area contributed by atoms with Crippen molar-refractivity contribution in [3.8, 4) is 0 Å². The molecule has 1 aromatic carbocycles. The number of nitrogens with zero attached hydrogens (tertiary/aromatic N) is 1. The van der Waals surface area contributed by atoms with Gasteiger partial charge in [0, 0.05) is 28.0 Å². The zero-order valence-corrected chi connectivity index (χ0v) is 19.2. The van der Waals surface area contributed by atoms with Crippen LogP contribution in [0.5, 0.6) is 0 Å². The number of anilines is 1. The third kappa shape index (κ3) is 6.66. The average Bonchev–Trinajstić information content (AvgIpc) is 2.66. The molecule has 1 heterocycles. The fourth-order valence-corrected chi connectivity index (χ4v) is 3.01. The molecule has 30 heavy (non-hydrogen) atoms. The van der Waals surface area contributed by atoms with E-state index in [2.05, 4.69) is 31.5 Å². The van der Waals surface area contributed by atoms with Gasteiger partial charge in [-0.3, -0.25) is 14.6 Å². The van der Waals surface area contributed by atoms with Gasteiger partial charge in [0.2, 0.25) is 5.91 Å². The quantitative estimate of drug-likeness (QED) is 0.596. The highest BCUT2D eigenvalue weighted by molar-refractivity contribution is 9.10. The Kier molecular flexibility index (Phi) is 7.72. The molecule has 0 aliphatic rings. The van der Waals surface area contributed by atoms with Gasteiger partial charge >= 0.3 is 6.09 Å². The van der Waals surface area contributed by atoms with Crippen LogP contribution in [0.4, 0.5) is 10.5 Å². The molecule has 0 saturated carbocycles. The molecule has 0 fully saturated rings. The topological polar surface area (TPSA) is 97.4 Å². The van der Waals surface area contributed by atoms with Crippen molar-refractivity contribution >= 4 is 39.4 Å². The molecular formula is C22H26BrN3O4. The SMILES string of the molecule is CC(C)[C@H](NC(=O)OC(C)(C)C)C(=O)Nc1ccc(Br)cc1C(=O)c1cccnc1. The number of benzene rings is 1. The van der Waals surface area contributed by atoms with Crippen molar-refractivity contribution in [1.29, 1.82) is 0 Å². The minimum absolute atomic E-state index is 0.203. The number of alkyl carbamates (subject to hydrolysis) is 1. The summed E-state index contributed by atoms with van der Waals surface area (Å²) in [4.78, 5) is 42.0. The number of hydrogen-bond acceptors (Lipinski definition) is 5. The van der Waals surface area contributed by atoms with E-state index in [9.17, 15) is 14.4 Å². The molecule has 0 saturated heterocycles. The molecule has 1 atom stereocenters. The number of hydrogen-bond donors (Lipinski definition) is 2. The van der Waals surface area contributed by atoms with E-state index >= 15 is 0 Å². The van der Waals surface area contributed by atoms with Gasteiger partial charge in [0.1, 0.15) is 11.6 Å². The van der Waals surface area contributed by atoms with Crippen molar-refractivity contribution in [2.45, 2.75) is 46.3 Å². The van der Waals surface area contributed by atoms with Gasteiger partial charge in [-0.25, -0.2) is 4.79 Å². The number of rotatable bonds is 6. The van der Waals surface area contributed by atoms with E-state index in [1.165, 1.54) is 6.20 Å². The zero-order valence-electron chi connectivity index (χ0n) is 17.7. The summed E-state index contributed by atoms with van der Waals surface area (Å²) >= 11 is 3.36. The van der Waals surface area contributed by atoms with Crippen LogP contribution in [0, 0.1) is 5.92 Å². The maximum atomic E-state index is 12.9. The summed E-state index contributed by atoms with van der Waals surface area (Å²) in [5.74, 6) is -0.926. The number of halogens is 1. The van der Waals surface area contributed by atoms with Gasteiger partial charge in [-0.05, 0) is 57.0 Å². The van der Waals surface area contributed by atoms with Gasteiger partial charge in [-0.1, -0.05) is 29.8 Å². The van der Waals surface area contributed by atoms with Crippen LogP contribution >= 0.6 is 15.9 Å². The van der Waals surface area contributed by atoms with Crippen LogP contribution in [0.1, 0.15) is 50.5 Å². The molecule has 0 spiro atoms. The molecule has 0 aliphatic carbocycles. The van der Waals surface area contributed by atoms with Crippen LogP contribution in [-0.4, -0.2) is 34.4 Å². The molecule has 2 N–H and O–H groups in total. The van der Waals surface area contributed by atoms with Crippen molar-refractivity contribution in [1.82, 2.24) is 10.3 Å². The Morgan fingerprint density at radius 2 is 1.83 bits per heavy atom. The van der Waals surface area contributed by atoms with Crippen molar-refractivity contribution in [2.24, 2.45) is 5.92 Å². The predicted molar refractivity (Wildman–Crippen MR) is 118 cm³/mol. The number of pyridine rings is 1. The maximum absolute atomic E-state index is 12.9. The lowest BCUT2D eigenvalue weighted by Gasteiger charge is -2.25. The third-order valence-corrected chi connectivity index (χ3v) is 4.52. The third-order valence-electron chi connectivity index (χ3n) is 4.03. The zero-order chi connectivity index (χ0) is 22.5. The molecule has 2 amide bonds. The summed E-state index contributed by atoms with van der Waals surface area (Å²) in [5.41, 5.74) is 0.370. The Morgan fingerprint density at radius 1 is 1.13 bits per heavy atom. The van der Waals surface area contributed by atoms with Crippen LogP contribution in [-0.2, 0) is 9.53 Å². The van der Waals surface area contributed by atoms with E-state index in [1.54, 1.807) is 57.3 Å². The molecule has 2 rings (SSSR count). The first kappa shape index (κ1) is 23.5. The van der Waals surface area contributed by atoms with Crippen molar-refractivity contribution in [2.75, 3.05) is 5.32 Å². The second-order valence-corrected chi connectivity index (χ2v) is 9.03. The normalized spacial score (nSPS) is 12.2. The smallest absolute Gasteiger partial charge is 0.408 e. The monoisotopic (exact) mass is 475 g/mol. The summed E-state index contributed by atoms with van der Waals surface area (Å²) in [5, 5.41) is 5.37. The van der Waals surface area contributed by atoms with Gasteiger partial charge in [0.25, 0.3) is 0 Å². The number of ether oxygens (including phenoxy) is 1. The maximum Gasteiger partial charge on any atom is 0.408 e. The van der Waals surface area contributed by atoms with Gasteiger partial charge in [-0.2, -0.15) is 0 Å². The standard InChI is InChI=1S/C22H26BrN3O4/c1-13(2)18(26-21(29)30-22(3,4)5)20(28)25-17-9-8-15(23)11-16(17)19(27)14-7-6-10-24-12-14/h6-13,18H,1-5H3,(H,25,28)(H,26,29)/t18-/m0/s1. The number of carbonyl (C=O) groups is 3. The first-order valence-corrected chi connectivity index (χ1v) is 10.3. The summed E-state index contributed by atoms with van der Waals surface area (Å²) in [6.07, 6.45) is 2.37. The highest BCUT2D eigenvalue weighted by Crippen LogP contribution is 2.24. The molecule has 0 bridgehead atoms. The largest absolute Gasteiger partial charge is 0.444 e. The van der Waals surface area contributed by atoms with E-state index in [0.29, 0.717) is 21.3 Å². The van der Waals surface area contributed by atoms with E-state index in [4.69, 9.17) is 4.74 Å². The van der Waals surface area contributed by atoms with Crippen LogP contribution in [0.15, 0.2) is 47.2 Å². The van der Waals surface area contributed by atoms with Gasteiger partial charge in [0.05, 0.1) is 5.69 Å². The molecule has 8 heteroatoms. The van der Waals surface area contributed by atoms with Crippen molar-refractivity contribution in [3.63, 3.8) is 0 Å². The molecule has 0 unspecified atom stereocenters. The predicted octanol–water partition coefficient (Wildman–Crippen LogP) is 4.56. The Bertz CT molecular complexity index is 924. The fourth-order valence-electron chi connectivity index (χ4n) is 2.65. The van der Waals surface area contributed by atoms with Crippen LogP contribution < -0.4 is 10.6 Å². The highest BCUT2D eigenvalue weighted by Gasteiger charge is 2.28. The number of ketones is 1. The molecular weight excluding hydrogens is 450 g/mol.